The number of methoxy groups -OCH3 is 2. The molecule has 0 spiro atoms. The standard InChI is InChI=1S/C25H27ClN4O5/c1-15-5-6-16(23(31)29-11-9-28(2)10-12-29)13-18(15)27-22-21(26)24(32)30(25(22)33)19-8-7-17(34-3)14-20(19)35-4/h5-8,13-14,27H,9-12H2,1-4H3. The van der Waals surface area contributed by atoms with Crippen LogP contribution in [0.4, 0.5) is 11.4 Å². The summed E-state index contributed by atoms with van der Waals surface area (Å²) in [5.74, 6) is -0.587. The molecule has 0 aromatic heterocycles. The van der Waals surface area contributed by atoms with Gasteiger partial charge in [-0.25, -0.2) is 4.90 Å². The second kappa shape index (κ2) is 9.97. The molecule has 0 radical (unpaired) electrons. The maximum absolute atomic E-state index is 13.3. The van der Waals surface area contributed by atoms with E-state index >= 15 is 0 Å². The smallest absolute Gasteiger partial charge is 0.283 e. The molecule has 2 aliphatic heterocycles. The fourth-order valence-corrected chi connectivity index (χ4v) is 4.23. The van der Waals surface area contributed by atoms with Crippen LogP contribution in [0, 0.1) is 6.92 Å². The normalized spacial score (nSPS) is 16.7. The highest BCUT2D eigenvalue weighted by atomic mass is 35.5. The Hall–Kier alpha value is -3.56. The molecule has 0 unspecified atom stereocenters. The zero-order valence-electron chi connectivity index (χ0n) is 20.1. The number of imide groups is 1. The van der Waals surface area contributed by atoms with Gasteiger partial charge in [-0.05, 0) is 43.8 Å². The summed E-state index contributed by atoms with van der Waals surface area (Å²) >= 11 is 6.32. The van der Waals surface area contributed by atoms with Gasteiger partial charge in [0.25, 0.3) is 17.7 Å². The summed E-state index contributed by atoms with van der Waals surface area (Å²) in [5, 5.41) is 2.75. The number of nitrogens with one attached hydrogen (secondary N) is 1. The summed E-state index contributed by atoms with van der Waals surface area (Å²) in [4.78, 5) is 44.2. The number of aryl methyl sites for hydroxylation is 1. The van der Waals surface area contributed by atoms with Gasteiger partial charge in [0.05, 0.1) is 19.9 Å². The molecular formula is C25H27ClN4O5. The minimum Gasteiger partial charge on any atom is -0.497 e. The van der Waals surface area contributed by atoms with Crippen molar-refractivity contribution in [3.63, 3.8) is 0 Å². The molecule has 2 heterocycles. The van der Waals surface area contributed by atoms with E-state index in [0.717, 1.165) is 23.6 Å². The van der Waals surface area contributed by atoms with Crippen molar-refractivity contribution in [1.82, 2.24) is 9.80 Å². The van der Waals surface area contributed by atoms with Crippen molar-refractivity contribution in [1.29, 1.82) is 0 Å². The van der Waals surface area contributed by atoms with Gasteiger partial charge in [-0.2, -0.15) is 0 Å². The van der Waals surface area contributed by atoms with Gasteiger partial charge >= 0.3 is 0 Å². The predicted octanol–water partition coefficient (Wildman–Crippen LogP) is 2.84. The van der Waals surface area contributed by atoms with E-state index in [1.54, 1.807) is 36.4 Å². The minimum atomic E-state index is -0.676. The number of anilines is 2. The van der Waals surface area contributed by atoms with Crippen LogP contribution in [0.2, 0.25) is 0 Å². The van der Waals surface area contributed by atoms with Gasteiger partial charge in [-0.1, -0.05) is 17.7 Å². The summed E-state index contributed by atoms with van der Waals surface area (Å²) < 4.78 is 10.5. The summed E-state index contributed by atoms with van der Waals surface area (Å²) in [6.07, 6.45) is 0. The number of amides is 3. The number of likely N-dealkylation sites (N-methyl/N-ethyl adjacent to an activating group) is 1. The molecule has 0 saturated carbocycles. The Morgan fingerprint density at radius 2 is 1.69 bits per heavy atom. The first-order chi connectivity index (χ1) is 16.7. The number of carbonyl (C=O) groups is 3. The van der Waals surface area contributed by atoms with E-state index in [4.69, 9.17) is 21.1 Å². The fraction of sp³-hybridized carbons (Fsp3) is 0.320. The number of piperazine rings is 1. The highest BCUT2D eigenvalue weighted by molar-refractivity contribution is 6.53. The van der Waals surface area contributed by atoms with Crippen molar-refractivity contribution in [3.05, 3.63) is 58.3 Å². The number of rotatable bonds is 6. The number of benzene rings is 2. The van der Waals surface area contributed by atoms with E-state index in [1.807, 2.05) is 18.9 Å². The van der Waals surface area contributed by atoms with E-state index in [2.05, 4.69) is 10.2 Å². The van der Waals surface area contributed by atoms with Crippen LogP contribution in [0.15, 0.2) is 47.1 Å². The first-order valence-corrected chi connectivity index (χ1v) is 11.5. The third-order valence-electron chi connectivity index (χ3n) is 6.19. The van der Waals surface area contributed by atoms with Crippen molar-refractivity contribution in [3.8, 4) is 11.5 Å². The zero-order valence-corrected chi connectivity index (χ0v) is 20.8. The lowest BCUT2D eigenvalue weighted by Crippen LogP contribution is -2.47. The van der Waals surface area contributed by atoms with Gasteiger partial charge in [0.1, 0.15) is 22.2 Å². The molecule has 1 saturated heterocycles. The molecule has 2 aromatic rings. The van der Waals surface area contributed by atoms with Crippen LogP contribution in [0.25, 0.3) is 0 Å². The van der Waals surface area contributed by atoms with Crippen LogP contribution in [-0.2, 0) is 9.59 Å². The molecule has 3 amide bonds. The van der Waals surface area contributed by atoms with Gasteiger partial charge < -0.3 is 24.6 Å². The fourth-order valence-electron chi connectivity index (χ4n) is 4.02. The zero-order chi connectivity index (χ0) is 25.3. The molecule has 2 aromatic carbocycles. The molecule has 0 atom stereocenters. The molecule has 9 nitrogen and oxygen atoms in total. The van der Waals surface area contributed by atoms with Crippen LogP contribution in [0.3, 0.4) is 0 Å². The van der Waals surface area contributed by atoms with Crippen LogP contribution in [-0.4, -0.2) is 75.0 Å². The third-order valence-corrected chi connectivity index (χ3v) is 6.54. The molecule has 10 heteroatoms. The average Bonchev–Trinajstić information content (AvgIpc) is 3.07. The molecule has 1 fully saturated rings. The van der Waals surface area contributed by atoms with Gasteiger partial charge in [0, 0.05) is 43.5 Å². The Labute approximate surface area is 208 Å². The second-order valence-corrected chi connectivity index (χ2v) is 8.80. The molecule has 4 rings (SSSR count). The second-order valence-electron chi connectivity index (χ2n) is 8.42. The summed E-state index contributed by atoms with van der Waals surface area (Å²) in [6.45, 7) is 4.76. The van der Waals surface area contributed by atoms with Gasteiger partial charge in [0.15, 0.2) is 0 Å². The quantitative estimate of drug-likeness (QED) is 0.612. The Morgan fingerprint density at radius 1 is 0.971 bits per heavy atom. The lowest BCUT2D eigenvalue weighted by molar-refractivity contribution is -0.120. The van der Waals surface area contributed by atoms with Crippen LogP contribution in [0.5, 0.6) is 11.5 Å². The van der Waals surface area contributed by atoms with E-state index < -0.39 is 11.8 Å². The third kappa shape index (κ3) is 4.69. The van der Waals surface area contributed by atoms with E-state index in [-0.39, 0.29) is 28.1 Å². The summed E-state index contributed by atoms with van der Waals surface area (Å²) in [6, 6.07) is 9.99. The van der Waals surface area contributed by atoms with Crippen molar-refractivity contribution in [2.75, 3.05) is 57.7 Å². The molecule has 0 bridgehead atoms. The van der Waals surface area contributed by atoms with Crippen molar-refractivity contribution < 1.29 is 23.9 Å². The summed E-state index contributed by atoms with van der Waals surface area (Å²) in [7, 11) is 4.97. The molecular weight excluding hydrogens is 472 g/mol. The highest BCUT2D eigenvalue weighted by Gasteiger charge is 2.40. The first kappa shape index (κ1) is 24.6. The molecule has 1 N–H and O–H groups in total. The Bertz CT molecular complexity index is 1220. The number of hydrogen-bond donors (Lipinski definition) is 1. The highest BCUT2D eigenvalue weighted by Crippen LogP contribution is 2.38. The largest absolute Gasteiger partial charge is 0.497 e. The molecule has 184 valence electrons. The molecule has 0 aliphatic carbocycles. The van der Waals surface area contributed by atoms with Gasteiger partial charge in [-0.3, -0.25) is 14.4 Å². The van der Waals surface area contributed by atoms with Gasteiger partial charge in [-0.15, -0.1) is 0 Å². The minimum absolute atomic E-state index is 0.0677. The van der Waals surface area contributed by atoms with Crippen molar-refractivity contribution >= 4 is 40.7 Å². The topological polar surface area (TPSA) is 91.4 Å². The van der Waals surface area contributed by atoms with Crippen LogP contribution < -0.4 is 19.7 Å². The SMILES string of the molecule is COc1ccc(N2C(=O)C(Cl)=C(Nc3cc(C(=O)N4CCN(C)CC4)ccc3C)C2=O)c(OC)c1. The lowest BCUT2D eigenvalue weighted by atomic mass is 10.1. The molecule has 35 heavy (non-hydrogen) atoms. The van der Waals surface area contributed by atoms with E-state index in [0.29, 0.717) is 30.1 Å². The number of carbonyl (C=O) groups excluding carboxylic acids is 3. The van der Waals surface area contributed by atoms with E-state index in [1.165, 1.54) is 14.2 Å². The maximum atomic E-state index is 13.3. The lowest BCUT2D eigenvalue weighted by Gasteiger charge is -2.32. The molecule has 2 aliphatic rings. The number of nitrogens with zero attached hydrogens (tertiary/aromatic N) is 3. The van der Waals surface area contributed by atoms with Crippen LogP contribution in [0.1, 0.15) is 15.9 Å². The maximum Gasteiger partial charge on any atom is 0.283 e. The first-order valence-electron chi connectivity index (χ1n) is 11.1. The predicted molar refractivity (Wildman–Crippen MR) is 133 cm³/mol. The Balaban J connectivity index is 1.60. The Morgan fingerprint density at radius 3 is 2.34 bits per heavy atom. The van der Waals surface area contributed by atoms with Gasteiger partial charge in [0.2, 0.25) is 0 Å². The van der Waals surface area contributed by atoms with Crippen molar-refractivity contribution in [2.45, 2.75) is 6.92 Å². The number of hydrogen-bond acceptors (Lipinski definition) is 7. The average molecular weight is 499 g/mol. The monoisotopic (exact) mass is 498 g/mol. The number of ether oxygens (including phenoxy) is 2. The van der Waals surface area contributed by atoms with Crippen LogP contribution >= 0.6 is 11.6 Å². The van der Waals surface area contributed by atoms with E-state index in [9.17, 15) is 14.4 Å². The number of halogens is 1. The Kier molecular flexibility index (Phi) is 7.00. The summed E-state index contributed by atoms with van der Waals surface area (Å²) in [5.41, 5.74) is 1.97. The van der Waals surface area contributed by atoms with Crippen molar-refractivity contribution in [2.24, 2.45) is 0 Å².